The second kappa shape index (κ2) is 4.40. The van der Waals surface area contributed by atoms with E-state index in [-0.39, 0.29) is 11.7 Å². The van der Waals surface area contributed by atoms with Crippen molar-refractivity contribution >= 4 is 5.91 Å². The normalized spacial score (nSPS) is 20.2. The van der Waals surface area contributed by atoms with Crippen LogP contribution in [0.25, 0.3) is 0 Å². The highest BCUT2D eigenvalue weighted by atomic mass is 19.2. The van der Waals surface area contributed by atoms with Crippen LogP contribution in [0.4, 0.5) is 4.48 Å². The van der Waals surface area contributed by atoms with Gasteiger partial charge in [-0.25, -0.2) is 0 Å². The number of hydrogen-bond donors (Lipinski definition) is 0. The fourth-order valence-electron chi connectivity index (χ4n) is 1.57. The summed E-state index contributed by atoms with van der Waals surface area (Å²) in [6, 6.07) is 7.99. The Balaban J connectivity index is 2.07. The van der Waals surface area contributed by atoms with E-state index in [1.807, 2.05) is 0 Å². The SMILES string of the molecule is O=C(c1ccccc1)N(F)C1CCOC1. The quantitative estimate of drug-likeness (QED) is 0.695. The zero-order valence-electron chi connectivity index (χ0n) is 8.23. The molecule has 1 heterocycles. The van der Waals surface area contributed by atoms with Gasteiger partial charge in [-0.15, -0.1) is 0 Å². The van der Waals surface area contributed by atoms with Crippen LogP contribution in [0.15, 0.2) is 30.3 Å². The Morgan fingerprint density at radius 3 is 2.73 bits per heavy atom. The van der Waals surface area contributed by atoms with Crippen molar-refractivity contribution in [2.24, 2.45) is 0 Å². The van der Waals surface area contributed by atoms with Crippen LogP contribution < -0.4 is 0 Å². The van der Waals surface area contributed by atoms with E-state index in [0.717, 1.165) is 0 Å². The summed E-state index contributed by atoms with van der Waals surface area (Å²) in [6.07, 6.45) is 0.565. The number of amides is 1. The molecular formula is C11H12FNO2. The molecule has 0 bridgehead atoms. The second-order valence-electron chi connectivity index (χ2n) is 3.50. The molecule has 1 fully saturated rings. The lowest BCUT2D eigenvalue weighted by molar-refractivity contribution is -0.00893. The molecule has 1 aromatic rings. The summed E-state index contributed by atoms with van der Waals surface area (Å²) in [6.45, 7) is 0.808. The Kier molecular flexibility index (Phi) is 2.97. The van der Waals surface area contributed by atoms with Gasteiger partial charge in [0.15, 0.2) is 0 Å². The summed E-state index contributed by atoms with van der Waals surface area (Å²) in [7, 11) is 0. The summed E-state index contributed by atoms with van der Waals surface area (Å²) in [5.41, 5.74) is 0.368. The Labute approximate surface area is 87.4 Å². The van der Waals surface area contributed by atoms with Gasteiger partial charge in [0.25, 0.3) is 5.91 Å². The lowest BCUT2D eigenvalue weighted by atomic mass is 10.2. The molecule has 0 aromatic heterocycles. The summed E-state index contributed by atoms with van der Waals surface area (Å²) in [4.78, 5) is 11.6. The van der Waals surface area contributed by atoms with Gasteiger partial charge in [0, 0.05) is 12.2 Å². The summed E-state index contributed by atoms with van der Waals surface area (Å²) in [5.74, 6) is -0.592. The van der Waals surface area contributed by atoms with Gasteiger partial charge in [0.05, 0.1) is 12.6 Å². The van der Waals surface area contributed by atoms with E-state index in [4.69, 9.17) is 4.74 Å². The molecule has 1 amide bonds. The van der Waals surface area contributed by atoms with Crippen molar-refractivity contribution in [2.45, 2.75) is 12.5 Å². The highest BCUT2D eigenvalue weighted by Gasteiger charge is 2.28. The third-order valence-electron chi connectivity index (χ3n) is 2.44. The molecule has 1 atom stereocenters. The largest absolute Gasteiger partial charge is 0.379 e. The van der Waals surface area contributed by atoms with Gasteiger partial charge < -0.3 is 4.74 Å². The van der Waals surface area contributed by atoms with Gasteiger partial charge >= 0.3 is 0 Å². The van der Waals surface area contributed by atoms with Crippen LogP contribution in [0.3, 0.4) is 0 Å². The number of halogens is 1. The van der Waals surface area contributed by atoms with Crippen LogP contribution in [0.2, 0.25) is 0 Å². The van der Waals surface area contributed by atoms with Crippen molar-refractivity contribution in [3.63, 3.8) is 0 Å². The molecule has 1 aliphatic heterocycles. The van der Waals surface area contributed by atoms with Crippen molar-refractivity contribution in [2.75, 3.05) is 13.2 Å². The molecule has 0 radical (unpaired) electrons. The van der Waals surface area contributed by atoms with Crippen LogP contribution in [0.5, 0.6) is 0 Å². The fraction of sp³-hybridized carbons (Fsp3) is 0.364. The zero-order chi connectivity index (χ0) is 10.7. The maximum atomic E-state index is 13.6. The van der Waals surface area contributed by atoms with Crippen LogP contribution in [-0.4, -0.2) is 30.3 Å². The number of rotatable bonds is 2. The molecule has 1 unspecified atom stereocenters. The highest BCUT2D eigenvalue weighted by molar-refractivity contribution is 5.93. The minimum atomic E-state index is -0.592. The maximum Gasteiger partial charge on any atom is 0.281 e. The first-order chi connectivity index (χ1) is 7.29. The number of hydrogen-bond acceptors (Lipinski definition) is 2. The zero-order valence-corrected chi connectivity index (χ0v) is 8.23. The Morgan fingerprint density at radius 2 is 2.13 bits per heavy atom. The fourth-order valence-corrected chi connectivity index (χ4v) is 1.57. The monoisotopic (exact) mass is 209 g/mol. The van der Waals surface area contributed by atoms with E-state index >= 15 is 0 Å². The van der Waals surface area contributed by atoms with E-state index in [1.54, 1.807) is 30.3 Å². The summed E-state index contributed by atoms with van der Waals surface area (Å²) < 4.78 is 18.6. The number of carbonyl (C=O) groups is 1. The van der Waals surface area contributed by atoms with Crippen molar-refractivity contribution in [3.8, 4) is 0 Å². The third-order valence-corrected chi connectivity index (χ3v) is 2.44. The first-order valence-corrected chi connectivity index (χ1v) is 4.91. The molecule has 0 saturated carbocycles. The van der Waals surface area contributed by atoms with Crippen LogP contribution in [-0.2, 0) is 4.74 Å². The molecule has 0 aliphatic carbocycles. The first kappa shape index (κ1) is 10.1. The lowest BCUT2D eigenvalue weighted by Gasteiger charge is -2.17. The van der Waals surface area contributed by atoms with E-state index in [0.29, 0.717) is 18.6 Å². The molecule has 1 saturated heterocycles. The Morgan fingerprint density at radius 1 is 1.40 bits per heavy atom. The minimum absolute atomic E-state index is 0.280. The number of carbonyl (C=O) groups excluding carboxylic acids is 1. The average molecular weight is 209 g/mol. The van der Waals surface area contributed by atoms with E-state index in [1.165, 1.54) is 0 Å². The predicted molar refractivity (Wildman–Crippen MR) is 52.9 cm³/mol. The van der Waals surface area contributed by atoms with Crippen molar-refractivity contribution in [3.05, 3.63) is 35.9 Å². The standard InChI is InChI=1S/C11H12FNO2/c12-13(10-6-7-15-8-10)11(14)9-4-2-1-3-5-9/h1-5,10H,6-8H2. The van der Waals surface area contributed by atoms with Crippen molar-refractivity contribution in [1.82, 2.24) is 5.12 Å². The minimum Gasteiger partial charge on any atom is -0.379 e. The summed E-state index contributed by atoms with van der Waals surface area (Å²) >= 11 is 0. The smallest absolute Gasteiger partial charge is 0.281 e. The number of ether oxygens (including phenoxy) is 1. The van der Waals surface area contributed by atoms with Gasteiger partial charge in [-0.1, -0.05) is 22.7 Å². The van der Waals surface area contributed by atoms with Crippen molar-refractivity contribution < 1.29 is 14.0 Å². The predicted octanol–water partition coefficient (Wildman–Crippen LogP) is 1.80. The van der Waals surface area contributed by atoms with E-state index < -0.39 is 11.9 Å². The molecule has 4 heteroatoms. The summed E-state index contributed by atoms with van der Waals surface area (Å²) in [5, 5.41) is 0.280. The molecular weight excluding hydrogens is 197 g/mol. The lowest BCUT2D eigenvalue weighted by Crippen LogP contribution is -2.33. The van der Waals surface area contributed by atoms with Gasteiger partial charge in [-0.2, -0.15) is 5.12 Å². The molecule has 0 N–H and O–H groups in total. The second-order valence-corrected chi connectivity index (χ2v) is 3.50. The van der Waals surface area contributed by atoms with Gasteiger partial charge in [-0.05, 0) is 18.6 Å². The molecule has 80 valence electrons. The molecule has 1 aromatic carbocycles. The van der Waals surface area contributed by atoms with E-state index in [9.17, 15) is 9.28 Å². The first-order valence-electron chi connectivity index (χ1n) is 4.91. The van der Waals surface area contributed by atoms with Gasteiger partial charge in [0.1, 0.15) is 0 Å². The van der Waals surface area contributed by atoms with Crippen LogP contribution in [0, 0.1) is 0 Å². The third kappa shape index (κ3) is 2.15. The molecule has 2 rings (SSSR count). The average Bonchev–Trinajstić information content (AvgIpc) is 2.82. The van der Waals surface area contributed by atoms with Gasteiger partial charge in [-0.3, -0.25) is 4.79 Å². The van der Waals surface area contributed by atoms with E-state index in [2.05, 4.69) is 0 Å². The molecule has 0 spiro atoms. The molecule has 15 heavy (non-hydrogen) atoms. The topological polar surface area (TPSA) is 29.5 Å². The number of benzene rings is 1. The van der Waals surface area contributed by atoms with Gasteiger partial charge in [0.2, 0.25) is 0 Å². The maximum absolute atomic E-state index is 13.6. The molecule has 3 nitrogen and oxygen atoms in total. The number of nitrogens with zero attached hydrogens (tertiary/aromatic N) is 1. The van der Waals surface area contributed by atoms with Crippen molar-refractivity contribution in [1.29, 1.82) is 0 Å². The molecule has 1 aliphatic rings. The van der Waals surface area contributed by atoms with Crippen LogP contribution in [0.1, 0.15) is 16.8 Å². The van der Waals surface area contributed by atoms with Crippen LogP contribution >= 0.6 is 0 Å². The Bertz CT molecular complexity index is 336. The Hall–Kier alpha value is -1.42. The highest BCUT2D eigenvalue weighted by Crippen LogP contribution is 2.16.